The molecule has 1 aliphatic rings. The van der Waals surface area contributed by atoms with Gasteiger partial charge in [0.05, 0.1) is 6.61 Å². The summed E-state index contributed by atoms with van der Waals surface area (Å²) in [7, 11) is 1.66. The van der Waals surface area contributed by atoms with E-state index in [2.05, 4.69) is 5.32 Å². The standard InChI is InChI=1S/C10H13BClNO2/c1-13-4-5-14-11-10-3-2-9(12)6-8(10)7-15-11/h2-3,6,13H,4-5,7H2,1H3. The Bertz CT molecular complexity index is 348. The number of hydrogen-bond donors (Lipinski definition) is 1. The highest BCUT2D eigenvalue weighted by atomic mass is 35.5. The third-order valence-electron chi connectivity index (χ3n) is 2.37. The van der Waals surface area contributed by atoms with Crippen LogP contribution in [0.25, 0.3) is 0 Å². The first-order chi connectivity index (χ1) is 7.31. The van der Waals surface area contributed by atoms with Gasteiger partial charge in [-0.15, -0.1) is 0 Å². The van der Waals surface area contributed by atoms with Gasteiger partial charge in [-0.05, 0) is 30.2 Å². The van der Waals surface area contributed by atoms with E-state index < -0.39 is 0 Å². The molecule has 0 saturated carbocycles. The van der Waals surface area contributed by atoms with Crippen LogP contribution < -0.4 is 10.8 Å². The van der Waals surface area contributed by atoms with Gasteiger partial charge in [-0.25, -0.2) is 0 Å². The number of benzene rings is 1. The van der Waals surface area contributed by atoms with Gasteiger partial charge in [0.1, 0.15) is 0 Å². The van der Waals surface area contributed by atoms with Crippen molar-refractivity contribution in [2.45, 2.75) is 6.61 Å². The molecule has 0 fully saturated rings. The fourth-order valence-corrected chi connectivity index (χ4v) is 1.79. The molecule has 0 spiro atoms. The maximum Gasteiger partial charge on any atom is 0.494 e. The van der Waals surface area contributed by atoms with Gasteiger partial charge in [0, 0.05) is 18.2 Å². The second-order valence-corrected chi connectivity index (χ2v) is 3.90. The summed E-state index contributed by atoms with van der Waals surface area (Å²) in [6.07, 6.45) is 0. The molecule has 3 nitrogen and oxygen atoms in total. The SMILES string of the molecule is CNCCOB1OCc2cc(Cl)ccc21. The smallest absolute Gasteiger partial charge is 0.406 e. The van der Waals surface area contributed by atoms with E-state index in [9.17, 15) is 0 Å². The molecule has 5 heteroatoms. The maximum atomic E-state index is 5.89. The van der Waals surface area contributed by atoms with Gasteiger partial charge in [0.2, 0.25) is 0 Å². The Hall–Kier alpha value is -0.545. The number of hydrogen-bond acceptors (Lipinski definition) is 3. The molecule has 0 saturated heterocycles. The molecule has 2 rings (SSSR count). The van der Waals surface area contributed by atoms with Crippen LogP contribution in [0.2, 0.25) is 5.02 Å². The summed E-state index contributed by atoms with van der Waals surface area (Å²) >= 11 is 5.89. The number of nitrogens with one attached hydrogen (secondary N) is 1. The Labute approximate surface area is 94.9 Å². The van der Waals surface area contributed by atoms with Crippen molar-refractivity contribution in [2.24, 2.45) is 0 Å². The van der Waals surface area contributed by atoms with Crippen LogP contribution in [0, 0.1) is 0 Å². The van der Waals surface area contributed by atoms with Crippen molar-refractivity contribution in [1.29, 1.82) is 0 Å². The van der Waals surface area contributed by atoms with Gasteiger partial charge in [0.15, 0.2) is 0 Å². The van der Waals surface area contributed by atoms with Crippen LogP contribution in [-0.4, -0.2) is 27.3 Å². The topological polar surface area (TPSA) is 30.5 Å². The van der Waals surface area contributed by atoms with E-state index in [1.165, 1.54) is 0 Å². The minimum atomic E-state index is -0.231. The predicted molar refractivity (Wildman–Crippen MR) is 61.5 cm³/mol. The summed E-state index contributed by atoms with van der Waals surface area (Å²) in [5.74, 6) is 0. The number of rotatable bonds is 4. The monoisotopic (exact) mass is 225 g/mol. The van der Waals surface area contributed by atoms with E-state index in [0.29, 0.717) is 13.2 Å². The number of likely N-dealkylation sites (N-methyl/N-ethyl adjacent to an activating group) is 1. The van der Waals surface area contributed by atoms with E-state index in [4.69, 9.17) is 20.9 Å². The summed E-state index contributed by atoms with van der Waals surface area (Å²) in [5.41, 5.74) is 2.22. The largest absolute Gasteiger partial charge is 0.494 e. The van der Waals surface area contributed by atoms with Gasteiger partial charge < -0.3 is 14.6 Å². The third-order valence-corrected chi connectivity index (χ3v) is 2.61. The van der Waals surface area contributed by atoms with Crippen LogP contribution in [0.4, 0.5) is 0 Å². The van der Waals surface area contributed by atoms with Crippen LogP contribution in [0.3, 0.4) is 0 Å². The first-order valence-corrected chi connectivity index (χ1v) is 5.35. The summed E-state index contributed by atoms with van der Waals surface area (Å²) in [4.78, 5) is 0. The number of fused-ring (bicyclic) bond motifs is 1. The zero-order valence-electron chi connectivity index (χ0n) is 8.63. The Morgan fingerprint density at radius 3 is 3.27 bits per heavy atom. The lowest BCUT2D eigenvalue weighted by Gasteiger charge is -2.07. The van der Waals surface area contributed by atoms with Crippen LogP contribution in [0.15, 0.2) is 18.2 Å². The second-order valence-electron chi connectivity index (χ2n) is 3.46. The molecule has 0 aromatic heterocycles. The first-order valence-electron chi connectivity index (χ1n) is 4.97. The average molecular weight is 225 g/mol. The lowest BCUT2D eigenvalue weighted by Crippen LogP contribution is -2.34. The molecule has 15 heavy (non-hydrogen) atoms. The van der Waals surface area contributed by atoms with Crippen LogP contribution in [-0.2, 0) is 15.9 Å². The molecule has 0 unspecified atom stereocenters. The second kappa shape index (κ2) is 4.99. The summed E-state index contributed by atoms with van der Waals surface area (Å²) in [6, 6.07) is 5.76. The van der Waals surface area contributed by atoms with E-state index >= 15 is 0 Å². The zero-order chi connectivity index (χ0) is 10.7. The molecule has 1 aliphatic heterocycles. The molecule has 0 amide bonds. The first kappa shape index (κ1) is 11.0. The quantitative estimate of drug-likeness (QED) is 0.607. The highest BCUT2D eigenvalue weighted by molar-refractivity contribution is 6.63. The lowest BCUT2D eigenvalue weighted by molar-refractivity contribution is 0.213. The Balaban J connectivity index is 2.02. The molecule has 80 valence electrons. The molecule has 0 aliphatic carbocycles. The maximum absolute atomic E-state index is 5.89. The molecule has 0 atom stereocenters. The van der Waals surface area contributed by atoms with Gasteiger partial charge in [-0.1, -0.05) is 17.7 Å². The van der Waals surface area contributed by atoms with Crippen LogP contribution in [0.5, 0.6) is 0 Å². The zero-order valence-corrected chi connectivity index (χ0v) is 9.38. The Morgan fingerprint density at radius 2 is 2.47 bits per heavy atom. The van der Waals surface area contributed by atoms with Crippen molar-refractivity contribution in [1.82, 2.24) is 5.32 Å². The average Bonchev–Trinajstić information content (AvgIpc) is 2.61. The molecule has 1 heterocycles. The number of halogens is 1. The lowest BCUT2D eigenvalue weighted by atomic mass is 9.79. The van der Waals surface area contributed by atoms with E-state index in [-0.39, 0.29) is 7.12 Å². The van der Waals surface area contributed by atoms with E-state index in [1.807, 2.05) is 25.2 Å². The Kier molecular flexibility index (Phi) is 3.64. The van der Waals surface area contributed by atoms with Gasteiger partial charge in [0.25, 0.3) is 0 Å². The van der Waals surface area contributed by atoms with Gasteiger partial charge in [-0.2, -0.15) is 0 Å². The van der Waals surface area contributed by atoms with Crippen molar-refractivity contribution >= 4 is 24.2 Å². The molecular formula is C10H13BClNO2. The minimum Gasteiger partial charge on any atom is -0.406 e. The fraction of sp³-hybridized carbons (Fsp3) is 0.400. The summed E-state index contributed by atoms with van der Waals surface area (Å²) < 4.78 is 11.1. The van der Waals surface area contributed by atoms with E-state index in [1.54, 1.807) is 0 Å². The predicted octanol–water partition coefficient (Wildman–Crippen LogP) is 0.801. The van der Waals surface area contributed by atoms with Crippen molar-refractivity contribution in [2.75, 3.05) is 20.2 Å². The fourth-order valence-electron chi connectivity index (χ4n) is 1.59. The van der Waals surface area contributed by atoms with Gasteiger partial charge in [-0.3, -0.25) is 0 Å². The Morgan fingerprint density at radius 1 is 1.60 bits per heavy atom. The van der Waals surface area contributed by atoms with Crippen LogP contribution >= 0.6 is 11.6 Å². The van der Waals surface area contributed by atoms with Crippen molar-refractivity contribution in [3.8, 4) is 0 Å². The molecule has 0 bridgehead atoms. The highest BCUT2D eigenvalue weighted by Crippen LogP contribution is 2.16. The van der Waals surface area contributed by atoms with Gasteiger partial charge >= 0.3 is 7.12 Å². The van der Waals surface area contributed by atoms with Crippen LogP contribution in [0.1, 0.15) is 5.56 Å². The van der Waals surface area contributed by atoms with Crippen molar-refractivity contribution in [3.63, 3.8) is 0 Å². The minimum absolute atomic E-state index is 0.231. The summed E-state index contributed by atoms with van der Waals surface area (Å²) in [6.45, 7) is 2.05. The normalized spacial score (nSPS) is 14.4. The third kappa shape index (κ3) is 2.52. The molecule has 1 aromatic carbocycles. The van der Waals surface area contributed by atoms with Crippen molar-refractivity contribution in [3.05, 3.63) is 28.8 Å². The highest BCUT2D eigenvalue weighted by Gasteiger charge is 2.30. The summed E-state index contributed by atoms with van der Waals surface area (Å²) in [5, 5.41) is 3.77. The molecule has 1 aromatic rings. The van der Waals surface area contributed by atoms with E-state index in [0.717, 1.165) is 22.6 Å². The van der Waals surface area contributed by atoms with Crippen molar-refractivity contribution < 1.29 is 9.31 Å². The molecule has 0 radical (unpaired) electrons. The molecular weight excluding hydrogens is 212 g/mol. The molecule has 1 N–H and O–H groups in total.